The molecule has 0 heterocycles. The van der Waals surface area contributed by atoms with E-state index in [9.17, 15) is 18.1 Å². The summed E-state index contributed by atoms with van der Waals surface area (Å²) in [5, 5.41) is -3.32. The zero-order valence-electron chi connectivity index (χ0n) is 7.62. The smallest absolute Gasteiger partial charge is 0.324 e. The quantitative estimate of drug-likeness (QED) is 0.636. The van der Waals surface area contributed by atoms with E-state index in [2.05, 4.69) is 20.9 Å². The Kier molecular flexibility index (Phi) is 3.76. The van der Waals surface area contributed by atoms with Gasteiger partial charge in [-0.05, 0) is 18.7 Å². The summed E-state index contributed by atoms with van der Waals surface area (Å²) in [6, 6.07) is 0. The second-order valence-corrected chi connectivity index (χ2v) is 6.35. The first-order chi connectivity index (χ1) is 6.62. The van der Waals surface area contributed by atoms with Gasteiger partial charge in [-0.25, -0.2) is 13.2 Å². The summed E-state index contributed by atoms with van der Waals surface area (Å²) < 4.78 is 47.4. The molecule has 0 aromatic heterocycles. The number of rotatable bonds is 4. The number of halogens is 4. The van der Waals surface area contributed by atoms with Crippen molar-refractivity contribution in [1.29, 1.82) is 0 Å². The van der Waals surface area contributed by atoms with Gasteiger partial charge in [-0.1, -0.05) is 11.6 Å². The van der Waals surface area contributed by atoms with Crippen LogP contribution in [0.3, 0.4) is 0 Å². The standard InChI is InChI=1S/C6H9ClF3O3PS/c1-2-12-14(11,15)13-4-3-5(8,9)6(4,7)10/h4H,2-3H2,1H3,(H,11,15). The van der Waals surface area contributed by atoms with Crippen LogP contribution < -0.4 is 0 Å². The van der Waals surface area contributed by atoms with Gasteiger partial charge in [-0.2, -0.15) is 0 Å². The summed E-state index contributed by atoms with van der Waals surface area (Å²) in [5.74, 6) is -3.67. The Morgan fingerprint density at radius 2 is 2.13 bits per heavy atom. The van der Waals surface area contributed by atoms with Crippen LogP contribution in [0.1, 0.15) is 13.3 Å². The number of alkyl halides is 4. The first-order valence-electron chi connectivity index (χ1n) is 4.04. The van der Waals surface area contributed by atoms with Crippen LogP contribution in [0.15, 0.2) is 0 Å². The van der Waals surface area contributed by atoms with Crippen LogP contribution in [0.25, 0.3) is 0 Å². The monoisotopic (exact) mass is 284 g/mol. The predicted molar refractivity (Wildman–Crippen MR) is 52.3 cm³/mol. The van der Waals surface area contributed by atoms with Crippen LogP contribution in [0.5, 0.6) is 0 Å². The Hall–Kier alpha value is 0.610. The van der Waals surface area contributed by atoms with Gasteiger partial charge in [0.15, 0.2) is 0 Å². The molecule has 1 N–H and O–H groups in total. The maximum atomic E-state index is 13.1. The number of hydrogen-bond acceptors (Lipinski definition) is 3. The van der Waals surface area contributed by atoms with Gasteiger partial charge in [-0.3, -0.25) is 0 Å². The van der Waals surface area contributed by atoms with Crippen molar-refractivity contribution in [2.45, 2.75) is 30.5 Å². The second kappa shape index (κ2) is 4.13. The molecule has 0 saturated heterocycles. The fraction of sp³-hybridized carbons (Fsp3) is 1.00. The lowest BCUT2D eigenvalue weighted by Crippen LogP contribution is -2.62. The highest BCUT2D eigenvalue weighted by Gasteiger charge is 2.71. The molecule has 9 heteroatoms. The molecule has 3 atom stereocenters. The van der Waals surface area contributed by atoms with Crippen LogP contribution in [0.2, 0.25) is 0 Å². The highest BCUT2D eigenvalue weighted by molar-refractivity contribution is 8.07. The van der Waals surface area contributed by atoms with Crippen LogP contribution in [0, 0.1) is 0 Å². The molecule has 15 heavy (non-hydrogen) atoms. The minimum atomic E-state index is -3.67. The zero-order valence-corrected chi connectivity index (χ0v) is 10.1. The summed E-state index contributed by atoms with van der Waals surface area (Å²) in [7, 11) is 0. The lowest BCUT2D eigenvalue weighted by atomic mass is 9.88. The lowest BCUT2D eigenvalue weighted by molar-refractivity contribution is -0.226. The molecular weight excluding hydrogens is 276 g/mol. The third-order valence-electron chi connectivity index (χ3n) is 1.89. The predicted octanol–water partition coefficient (Wildman–Crippen LogP) is 2.57. The van der Waals surface area contributed by atoms with Crippen molar-refractivity contribution >= 4 is 30.1 Å². The highest BCUT2D eigenvalue weighted by Crippen LogP contribution is 2.59. The summed E-state index contributed by atoms with van der Waals surface area (Å²) in [5.41, 5.74) is 0. The van der Waals surface area contributed by atoms with E-state index in [4.69, 9.17) is 11.6 Å². The Morgan fingerprint density at radius 1 is 1.60 bits per heavy atom. The van der Waals surface area contributed by atoms with Crippen molar-refractivity contribution in [3.8, 4) is 0 Å². The Balaban J connectivity index is 2.61. The molecular formula is C6H9ClF3O3PS. The van der Waals surface area contributed by atoms with Crippen LogP contribution in [-0.2, 0) is 20.9 Å². The molecule has 1 aliphatic carbocycles. The minimum Gasteiger partial charge on any atom is -0.324 e. The SMILES string of the molecule is CCOP(O)(=S)OC1CC(F)(F)C1(F)Cl. The van der Waals surface area contributed by atoms with E-state index in [-0.39, 0.29) is 6.61 Å². The normalized spacial score (nSPS) is 38.1. The second-order valence-electron chi connectivity index (χ2n) is 3.01. The van der Waals surface area contributed by atoms with Gasteiger partial charge < -0.3 is 13.9 Å². The van der Waals surface area contributed by atoms with Gasteiger partial charge in [-0.15, -0.1) is 0 Å². The zero-order chi connectivity index (χ0) is 11.9. The van der Waals surface area contributed by atoms with Gasteiger partial charge >= 0.3 is 12.6 Å². The third kappa shape index (κ3) is 2.65. The van der Waals surface area contributed by atoms with Gasteiger partial charge in [0.05, 0.1) is 6.61 Å². The van der Waals surface area contributed by atoms with E-state index in [1.165, 1.54) is 6.92 Å². The van der Waals surface area contributed by atoms with Crippen molar-refractivity contribution in [1.82, 2.24) is 0 Å². The molecule has 90 valence electrons. The molecule has 0 aromatic carbocycles. The first kappa shape index (κ1) is 13.7. The lowest BCUT2D eigenvalue weighted by Gasteiger charge is -2.45. The summed E-state index contributed by atoms with van der Waals surface area (Å²) in [6.45, 7) is -2.11. The minimum absolute atomic E-state index is 0.0401. The van der Waals surface area contributed by atoms with Crippen molar-refractivity contribution in [3.05, 3.63) is 0 Å². The van der Waals surface area contributed by atoms with E-state index in [1.54, 1.807) is 0 Å². The molecule has 0 aliphatic heterocycles. The molecule has 0 radical (unpaired) electrons. The first-order valence-corrected chi connectivity index (χ1v) is 7.00. The number of hydrogen-bond donors (Lipinski definition) is 1. The largest absolute Gasteiger partial charge is 0.324 e. The molecule has 1 aliphatic rings. The average molecular weight is 285 g/mol. The van der Waals surface area contributed by atoms with E-state index < -0.39 is 30.3 Å². The molecule has 3 unspecified atom stereocenters. The average Bonchev–Trinajstić information content (AvgIpc) is 2.01. The molecule has 0 amide bonds. The molecule has 0 bridgehead atoms. The fourth-order valence-electron chi connectivity index (χ4n) is 1.06. The molecule has 0 aromatic rings. The van der Waals surface area contributed by atoms with Crippen molar-refractivity contribution in [3.63, 3.8) is 0 Å². The third-order valence-corrected chi connectivity index (χ3v) is 4.09. The summed E-state index contributed by atoms with van der Waals surface area (Å²) >= 11 is 9.38. The van der Waals surface area contributed by atoms with E-state index in [1.807, 2.05) is 0 Å². The topological polar surface area (TPSA) is 38.7 Å². The summed E-state index contributed by atoms with van der Waals surface area (Å²) in [4.78, 5) is 9.26. The molecule has 1 fully saturated rings. The van der Waals surface area contributed by atoms with E-state index >= 15 is 0 Å². The fourth-order valence-corrected chi connectivity index (χ4v) is 2.88. The van der Waals surface area contributed by atoms with Crippen molar-refractivity contribution < 1.29 is 27.1 Å². The molecule has 1 saturated carbocycles. The van der Waals surface area contributed by atoms with Crippen molar-refractivity contribution in [2.24, 2.45) is 0 Å². The van der Waals surface area contributed by atoms with Crippen LogP contribution in [0.4, 0.5) is 13.2 Å². The Morgan fingerprint density at radius 3 is 2.47 bits per heavy atom. The molecule has 3 nitrogen and oxygen atoms in total. The van der Waals surface area contributed by atoms with Gasteiger partial charge in [0.25, 0.3) is 5.13 Å². The van der Waals surface area contributed by atoms with Crippen LogP contribution in [-0.4, -0.2) is 28.7 Å². The maximum Gasteiger partial charge on any atom is 0.324 e. The van der Waals surface area contributed by atoms with E-state index in [0.29, 0.717) is 0 Å². The van der Waals surface area contributed by atoms with E-state index in [0.717, 1.165) is 0 Å². The Bertz CT molecular complexity index is 301. The van der Waals surface area contributed by atoms with Gasteiger partial charge in [0, 0.05) is 6.42 Å². The van der Waals surface area contributed by atoms with Crippen molar-refractivity contribution in [2.75, 3.05) is 6.61 Å². The molecule has 0 spiro atoms. The molecule has 1 rings (SSSR count). The summed E-state index contributed by atoms with van der Waals surface area (Å²) in [6.07, 6.45) is -2.56. The maximum absolute atomic E-state index is 13.1. The van der Waals surface area contributed by atoms with Gasteiger partial charge in [0.2, 0.25) is 0 Å². The van der Waals surface area contributed by atoms with Crippen LogP contribution >= 0.6 is 18.3 Å². The van der Waals surface area contributed by atoms with Gasteiger partial charge in [0.1, 0.15) is 6.10 Å². The highest BCUT2D eigenvalue weighted by atomic mass is 35.5. The Labute approximate surface area is 94.8 Å².